The Labute approximate surface area is 188 Å². The van der Waals surface area contributed by atoms with Gasteiger partial charge in [-0.3, -0.25) is 0 Å². The van der Waals surface area contributed by atoms with Crippen LogP contribution < -0.4 is 10.5 Å². The highest BCUT2D eigenvalue weighted by Gasteiger charge is 2.17. The van der Waals surface area contributed by atoms with Crippen molar-refractivity contribution in [1.82, 2.24) is 9.97 Å². The number of aromatic nitrogens is 2. The molecule has 0 aliphatic carbocycles. The summed E-state index contributed by atoms with van der Waals surface area (Å²) in [4.78, 5) is 10.1. The van der Waals surface area contributed by atoms with Crippen LogP contribution in [0.25, 0.3) is 11.3 Å². The van der Waals surface area contributed by atoms with Gasteiger partial charge in [0, 0.05) is 22.4 Å². The fraction of sp³-hybridized carbons (Fsp3) is 0.360. The molecular formula is C25H30FN3OS. The van der Waals surface area contributed by atoms with Crippen molar-refractivity contribution in [3.8, 4) is 17.0 Å². The highest BCUT2D eigenvalue weighted by atomic mass is 32.2. The Morgan fingerprint density at radius 1 is 1.13 bits per heavy atom. The first-order valence-corrected chi connectivity index (χ1v) is 11.7. The monoisotopic (exact) mass is 439 g/mol. The van der Waals surface area contributed by atoms with Crippen LogP contribution in [0, 0.1) is 18.7 Å². The lowest BCUT2D eigenvalue weighted by atomic mass is 9.89. The molecule has 1 atom stereocenters. The van der Waals surface area contributed by atoms with Crippen LogP contribution in [0.4, 0.5) is 10.2 Å². The third-order valence-corrected chi connectivity index (χ3v) is 6.39. The van der Waals surface area contributed by atoms with E-state index in [2.05, 4.69) is 48.9 Å². The predicted molar refractivity (Wildman–Crippen MR) is 127 cm³/mol. The molecule has 164 valence electrons. The SMILES string of the molecule is CSc1ccc(CCOc2ccc(F)cc2C(C)C(C)C)c(-c2cnc(N)c(C)n2)c1. The Bertz CT molecular complexity index is 1050. The smallest absolute Gasteiger partial charge is 0.144 e. The van der Waals surface area contributed by atoms with Crippen LogP contribution in [0.5, 0.6) is 5.75 Å². The van der Waals surface area contributed by atoms with Gasteiger partial charge >= 0.3 is 0 Å². The van der Waals surface area contributed by atoms with Gasteiger partial charge in [0.25, 0.3) is 0 Å². The molecule has 0 aliphatic heterocycles. The summed E-state index contributed by atoms with van der Waals surface area (Å²) < 4.78 is 20.0. The summed E-state index contributed by atoms with van der Waals surface area (Å²) in [7, 11) is 0. The van der Waals surface area contributed by atoms with Crippen molar-refractivity contribution >= 4 is 17.6 Å². The summed E-state index contributed by atoms with van der Waals surface area (Å²) in [5.74, 6) is 1.55. The normalized spacial score (nSPS) is 12.2. The maximum atomic E-state index is 13.9. The largest absolute Gasteiger partial charge is 0.493 e. The van der Waals surface area contributed by atoms with Gasteiger partial charge in [0.1, 0.15) is 17.4 Å². The molecule has 1 unspecified atom stereocenters. The van der Waals surface area contributed by atoms with Crippen LogP contribution in [0.1, 0.15) is 43.5 Å². The van der Waals surface area contributed by atoms with Gasteiger partial charge in [-0.15, -0.1) is 11.8 Å². The van der Waals surface area contributed by atoms with E-state index in [0.717, 1.165) is 33.0 Å². The van der Waals surface area contributed by atoms with E-state index in [1.54, 1.807) is 30.1 Å². The molecule has 4 nitrogen and oxygen atoms in total. The summed E-state index contributed by atoms with van der Waals surface area (Å²) in [5, 5.41) is 0. The molecular weight excluding hydrogens is 409 g/mol. The average molecular weight is 440 g/mol. The minimum Gasteiger partial charge on any atom is -0.493 e. The Hall–Kier alpha value is -2.60. The number of hydrogen-bond donors (Lipinski definition) is 1. The molecule has 0 amide bonds. The van der Waals surface area contributed by atoms with Crippen LogP contribution >= 0.6 is 11.8 Å². The molecule has 31 heavy (non-hydrogen) atoms. The maximum Gasteiger partial charge on any atom is 0.144 e. The zero-order chi connectivity index (χ0) is 22.5. The van der Waals surface area contributed by atoms with Gasteiger partial charge in [0.05, 0.1) is 24.2 Å². The van der Waals surface area contributed by atoms with Crippen molar-refractivity contribution in [3.63, 3.8) is 0 Å². The minimum absolute atomic E-state index is 0.204. The molecule has 0 radical (unpaired) electrons. The lowest BCUT2D eigenvalue weighted by Crippen LogP contribution is -2.09. The quantitative estimate of drug-likeness (QED) is 0.419. The van der Waals surface area contributed by atoms with Crippen molar-refractivity contribution in [2.24, 2.45) is 5.92 Å². The number of benzene rings is 2. The standard InChI is InChI=1S/C25H30FN3OS/c1-15(2)16(3)21-12-19(26)7-9-24(21)30-11-10-18-6-8-20(31-5)13-22(18)23-14-28-25(27)17(4)29-23/h6-9,12-16H,10-11H2,1-5H3,(H2,27,28). The molecule has 0 spiro atoms. The number of aryl methyl sites for hydroxylation is 1. The summed E-state index contributed by atoms with van der Waals surface area (Å²) in [6.07, 6.45) is 4.46. The van der Waals surface area contributed by atoms with E-state index in [0.29, 0.717) is 30.5 Å². The first-order chi connectivity index (χ1) is 14.8. The van der Waals surface area contributed by atoms with Gasteiger partial charge in [-0.2, -0.15) is 0 Å². The van der Waals surface area contributed by atoms with E-state index in [1.807, 2.05) is 13.2 Å². The molecule has 6 heteroatoms. The first kappa shape index (κ1) is 23.1. The molecule has 0 aliphatic rings. The zero-order valence-corrected chi connectivity index (χ0v) is 19.6. The molecule has 1 heterocycles. The second-order valence-electron chi connectivity index (χ2n) is 8.06. The van der Waals surface area contributed by atoms with Gasteiger partial charge in [-0.25, -0.2) is 14.4 Å². The third kappa shape index (κ3) is 5.56. The number of halogens is 1. The fourth-order valence-corrected chi connectivity index (χ4v) is 3.84. The van der Waals surface area contributed by atoms with E-state index in [9.17, 15) is 4.39 Å². The summed E-state index contributed by atoms with van der Waals surface area (Å²) in [6.45, 7) is 8.71. The van der Waals surface area contributed by atoms with Crippen LogP contribution in [-0.2, 0) is 6.42 Å². The van der Waals surface area contributed by atoms with E-state index >= 15 is 0 Å². The number of ether oxygens (including phenoxy) is 1. The molecule has 0 bridgehead atoms. The van der Waals surface area contributed by atoms with Crippen molar-refractivity contribution in [1.29, 1.82) is 0 Å². The van der Waals surface area contributed by atoms with Crippen LogP contribution in [0.15, 0.2) is 47.5 Å². The maximum absolute atomic E-state index is 13.9. The average Bonchev–Trinajstić information content (AvgIpc) is 2.76. The lowest BCUT2D eigenvalue weighted by Gasteiger charge is -2.20. The Balaban J connectivity index is 1.84. The van der Waals surface area contributed by atoms with Gasteiger partial charge < -0.3 is 10.5 Å². The summed E-state index contributed by atoms with van der Waals surface area (Å²) in [6, 6.07) is 11.1. The second-order valence-corrected chi connectivity index (χ2v) is 8.94. The number of nitrogens with zero attached hydrogens (tertiary/aromatic N) is 2. The van der Waals surface area contributed by atoms with E-state index < -0.39 is 0 Å². The fourth-order valence-electron chi connectivity index (χ4n) is 3.40. The number of anilines is 1. The first-order valence-electron chi connectivity index (χ1n) is 10.5. The van der Waals surface area contributed by atoms with Gasteiger partial charge in [-0.1, -0.05) is 26.8 Å². The lowest BCUT2D eigenvalue weighted by molar-refractivity contribution is 0.313. The topological polar surface area (TPSA) is 61.0 Å². The Kier molecular flexibility index (Phi) is 7.55. The Morgan fingerprint density at radius 2 is 1.90 bits per heavy atom. The third-order valence-electron chi connectivity index (χ3n) is 5.67. The molecule has 3 aromatic rings. The van der Waals surface area contributed by atoms with Crippen LogP contribution in [-0.4, -0.2) is 22.8 Å². The Morgan fingerprint density at radius 3 is 2.58 bits per heavy atom. The molecule has 1 aromatic heterocycles. The van der Waals surface area contributed by atoms with E-state index in [4.69, 9.17) is 10.5 Å². The van der Waals surface area contributed by atoms with Crippen molar-refractivity contribution in [2.75, 3.05) is 18.6 Å². The van der Waals surface area contributed by atoms with Crippen molar-refractivity contribution < 1.29 is 9.13 Å². The van der Waals surface area contributed by atoms with Crippen LogP contribution in [0.3, 0.4) is 0 Å². The van der Waals surface area contributed by atoms with Crippen LogP contribution in [0.2, 0.25) is 0 Å². The number of hydrogen-bond acceptors (Lipinski definition) is 5. The molecule has 0 fully saturated rings. The molecule has 0 saturated heterocycles. The van der Waals surface area contributed by atoms with Gasteiger partial charge in [0.2, 0.25) is 0 Å². The van der Waals surface area contributed by atoms with Crippen molar-refractivity contribution in [2.45, 2.75) is 44.9 Å². The number of rotatable bonds is 8. The number of nitrogens with two attached hydrogens (primary N) is 1. The highest BCUT2D eigenvalue weighted by molar-refractivity contribution is 7.98. The molecule has 2 aromatic carbocycles. The number of nitrogen functional groups attached to an aromatic ring is 1. The number of thioether (sulfide) groups is 1. The van der Waals surface area contributed by atoms with Gasteiger partial charge in [0.15, 0.2) is 0 Å². The van der Waals surface area contributed by atoms with Gasteiger partial charge in [-0.05, 0) is 60.9 Å². The zero-order valence-electron chi connectivity index (χ0n) is 18.8. The van der Waals surface area contributed by atoms with E-state index in [1.165, 1.54) is 6.07 Å². The highest BCUT2D eigenvalue weighted by Crippen LogP contribution is 2.33. The van der Waals surface area contributed by atoms with Crippen molar-refractivity contribution in [3.05, 3.63) is 65.2 Å². The molecule has 2 N–H and O–H groups in total. The molecule has 3 rings (SSSR count). The summed E-state index contributed by atoms with van der Waals surface area (Å²) in [5.41, 5.74) is 10.4. The van der Waals surface area contributed by atoms with E-state index in [-0.39, 0.29) is 11.7 Å². The molecule has 0 saturated carbocycles. The predicted octanol–water partition coefficient (Wildman–Crippen LogP) is 6.28. The summed E-state index contributed by atoms with van der Waals surface area (Å²) >= 11 is 1.68. The minimum atomic E-state index is -0.234. The second kappa shape index (κ2) is 10.1.